The van der Waals surface area contributed by atoms with Gasteiger partial charge in [0.2, 0.25) is 0 Å². The lowest BCUT2D eigenvalue weighted by Crippen LogP contribution is -1.87. The zero-order chi connectivity index (χ0) is 9.42. The van der Waals surface area contributed by atoms with Crippen LogP contribution in [0.4, 0.5) is 5.69 Å². The SMILES string of the molecule is O=[N+]([O-])c1cc(O)c2ocnc2c1. The molecule has 0 bridgehead atoms. The Labute approximate surface area is 71.6 Å². The lowest BCUT2D eigenvalue weighted by molar-refractivity contribution is -0.384. The third kappa shape index (κ3) is 1.08. The van der Waals surface area contributed by atoms with E-state index >= 15 is 0 Å². The molecule has 66 valence electrons. The van der Waals surface area contributed by atoms with Gasteiger partial charge in [-0.3, -0.25) is 10.1 Å². The largest absolute Gasteiger partial charge is 0.504 e. The molecule has 6 heteroatoms. The van der Waals surface area contributed by atoms with Crippen molar-refractivity contribution in [1.82, 2.24) is 4.98 Å². The number of rotatable bonds is 1. The molecule has 0 saturated heterocycles. The van der Waals surface area contributed by atoms with Gasteiger partial charge in [-0.1, -0.05) is 0 Å². The molecule has 2 rings (SSSR count). The molecule has 1 aromatic carbocycles. The predicted octanol–water partition coefficient (Wildman–Crippen LogP) is 1.44. The van der Waals surface area contributed by atoms with E-state index < -0.39 is 4.92 Å². The third-order valence-corrected chi connectivity index (χ3v) is 1.61. The second-order valence-electron chi connectivity index (χ2n) is 2.42. The van der Waals surface area contributed by atoms with Gasteiger partial charge < -0.3 is 9.52 Å². The Morgan fingerprint density at radius 1 is 1.54 bits per heavy atom. The van der Waals surface area contributed by atoms with E-state index in [1.54, 1.807) is 0 Å². The molecule has 1 aromatic heterocycles. The van der Waals surface area contributed by atoms with Crippen LogP contribution in [0.25, 0.3) is 11.1 Å². The number of phenolic OH excluding ortho intramolecular Hbond substituents is 1. The number of aromatic nitrogens is 1. The Kier molecular flexibility index (Phi) is 1.42. The fourth-order valence-corrected chi connectivity index (χ4v) is 1.04. The number of benzene rings is 1. The molecule has 0 spiro atoms. The number of nitrogens with zero attached hydrogens (tertiary/aromatic N) is 2. The second-order valence-corrected chi connectivity index (χ2v) is 2.42. The third-order valence-electron chi connectivity index (χ3n) is 1.61. The minimum absolute atomic E-state index is 0.158. The second kappa shape index (κ2) is 2.44. The van der Waals surface area contributed by atoms with Crippen molar-refractivity contribution in [3.63, 3.8) is 0 Å². The first-order chi connectivity index (χ1) is 6.18. The van der Waals surface area contributed by atoms with Gasteiger partial charge in [0.15, 0.2) is 17.7 Å². The maximum absolute atomic E-state index is 10.4. The summed E-state index contributed by atoms with van der Waals surface area (Å²) in [5, 5.41) is 19.6. The van der Waals surface area contributed by atoms with Crippen LogP contribution < -0.4 is 0 Å². The number of oxazole rings is 1. The van der Waals surface area contributed by atoms with Crippen LogP contribution in [-0.4, -0.2) is 15.0 Å². The quantitative estimate of drug-likeness (QED) is 0.529. The maximum atomic E-state index is 10.4. The summed E-state index contributed by atoms with van der Waals surface area (Å²) in [6, 6.07) is 2.26. The highest BCUT2D eigenvalue weighted by molar-refractivity contribution is 5.81. The van der Waals surface area contributed by atoms with Gasteiger partial charge in [0.05, 0.1) is 11.0 Å². The van der Waals surface area contributed by atoms with E-state index in [1.165, 1.54) is 6.07 Å². The smallest absolute Gasteiger partial charge is 0.275 e. The number of non-ortho nitro benzene ring substituents is 1. The number of hydrogen-bond acceptors (Lipinski definition) is 5. The van der Waals surface area contributed by atoms with Gasteiger partial charge in [-0.2, -0.15) is 0 Å². The van der Waals surface area contributed by atoms with E-state index in [-0.39, 0.29) is 22.5 Å². The van der Waals surface area contributed by atoms with Gasteiger partial charge in [-0.25, -0.2) is 4.98 Å². The highest BCUT2D eigenvalue weighted by Gasteiger charge is 2.13. The van der Waals surface area contributed by atoms with Crippen molar-refractivity contribution >= 4 is 16.8 Å². The Morgan fingerprint density at radius 2 is 2.31 bits per heavy atom. The van der Waals surface area contributed by atoms with Crippen molar-refractivity contribution < 1.29 is 14.4 Å². The summed E-state index contributed by atoms with van der Waals surface area (Å²) in [4.78, 5) is 13.4. The van der Waals surface area contributed by atoms with Crippen molar-refractivity contribution in [1.29, 1.82) is 0 Å². The average Bonchev–Trinajstić information content (AvgIpc) is 2.51. The van der Waals surface area contributed by atoms with E-state index in [4.69, 9.17) is 4.42 Å². The van der Waals surface area contributed by atoms with Crippen LogP contribution in [0.2, 0.25) is 0 Å². The molecule has 1 N–H and O–H groups in total. The number of hydrogen-bond donors (Lipinski definition) is 1. The summed E-state index contributed by atoms with van der Waals surface area (Å²) < 4.78 is 4.80. The summed E-state index contributed by atoms with van der Waals surface area (Å²) >= 11 is 0. The zero-order valence-corrected chi connectivity index (χ0v) is 6.30. The van der Waals surface area contributed by atoms with E-state index in [1.807, 2.05) is 0 Å². The number of nitro benzene ring substituents is 1. The lowest BCUT2D eigenvalue weighted by atomic mass is 10.2. The Morgan fingerprint density at radius 3 is 3.00 bits per heavy atom. The average molecular weight is 180 g/mol. The first-order valence-corrected chi connectivity index (χ1v) is 3.39. The molecular weight excluding hydrogens is 176 g/mol. The monoisotopic (exact) mass is 180 g/mol. The summed E-state index contributed by atoms with van der Waals surface area (Å²) in [5.41, 5.74) is 0.219. The molecule has 13 heavy (non-hydrogen) atoms. The molecule has 0 aliphatic rings. The van der Waals surface area contributed by atoms with Crippen molar-refractivity contribution in [2.45, 2.75) is 0 Å². The van der Waals surface area contributed by atoms with Gasteiger partial charge in [0.1, 0.15) is 5.52 Å². The maximum Gasteiger partial charge on any atom is 0.275 e. The minimum Gasteiger partial charge on any atom is -0.504 e. The molecule has 0 unspecified atom stereocenters. The number of phenols is 1. The fourth-order valence-electron chi connectivity index (χ4n) is 1.04. The molecule has 0 amide bonds. The highest BCUT2D eigenvalue weighted by atomic mass is 16.6. The molecule has 0 atom stereocenters. The summed E-state index contributed by atoms with van der Waals surface area (Å²) in [6.07, 6.45) is 1.12. The van der Waals surface area contributed by atoms with Gasteiger partial charge in [-0.05, 0) is 0 Å². The Hall–Kier alpha value is -2.11. The Bertz CT molecular complexity index is 476. The van der Waals surface area contributed by atoms with Crippen LogP contribution in [0.3, 0.4) is 0 Å². The van der Waals surface area contributed by atoms with Crippen LogP contribution in [0.1, 0.15) is 0 Å². The van der Waals surface area contributed by atoms with E-state index in [0.717, 1.165) is 12.5 Å². The molecule has 1 heterocycles. The van der Waals surface area contributed by atoms with Gasteiger partial charge in [0.25, 0.3) is 5.69 Å². The van der Waals surface area contributed by atoms with Gasteiger partial charge >= 0.3 is 0 Å². The lowest BCUT2D eigenvalue weighted by Gasteiger charge is -1.92. The molecule has 0 aliphatic carbocycles. The number of fused-ring (bicyclic) bond motifs is 1. The van der Waals surface area contributed by atoms with Crippen LogP contribution in [0.15, 0.2) is 22.9 Å². The van der Waals surface area contributed by atoms with Gasteiger partial charge in [-0.15, -0.1) is 0 Å². The first-order valence-electron chi connectivity index (χ1n) is 3.39. The number of nitro groups is 1. The molecule has 0 radical (unpaired) electrons. The highest BCUT2D eigenvalue weighted by Crippen LogP contribution is 2.28. The van der Waals surface area contributed by atoms with Crippen molar-refractivity contribution in [3.8, 4) is 5.75 Å². The molecule has 0 fully saturated rings. The van der Waals surface area contributed by atoms with Crippen molar-refractivity contribution in [3.05, 3.63) is 28.6 Å². The van der Waals surface area contributed by atoms with E-state index in [2.05, 4.69) is 4.98 Å². The molecule has 6 nitrogen and oxygen atoms in total. The summed E-state index contributed by atoms with van der Waals surface area (Å²) in [7, 11) is 0. The van der Waals surface area contributed by atoms with Crippen LogP contribution in [-0.2, 0) is 0 Å². The van der Waals surface area contributed by atoms with Crippen LogP contribution >= 0.6 is 0 Å². The van der Waals surface area contributed by atoms with Crippen molar-refractivity contribution in [2.24, 2.45) is 0 Å². The molecule has 0 saturated carbocycles. The molecule has 0 aliphatic heterocycles. The van der Waals surface area contributed by atoms with Crippen molar-refractivity contribution in [2.75, 3.05) is 0 Å². The standard InChI is InChI=1S/C7H4N2O4/c10-6-2-4(9(11)12)1-5-7(6)13-3-8-5/h1-3,10H. The van der Waals surface area contributed by atoms with E-state index in [0.29, 0.717) is 0 Å². The molecule has 2 aromatic rings. The Balaban J connectivity index is 2.77. The van der Waals surface area contributed by atoms with Crippen LogP contribution in [0, 0.1) is 10.1 Å². The topological polar surface area (TPSA) is 89.4 Å². The van der Waals surface area contributed by atoms with Crippen LogP contribution in [0.5, 0.6) is 5.75 Å². The first kappa shape index (κ1) is 7.53. The summed E-state index contributed by atoms with van der Waals surface area (Å²) in [6.45, 7) is 0. The minimum atomic E-state index is -0.603. The van der Waals surface area contributed by atoms with Gasteiger partial charge in [0, 0.05) is 6.07 Å². The van der Waals surface area contributed by atoms with E-state index in [9.17, 15) is 15.2 Å². The zero-order valence-electron chi connectivity index (χ0n) is 6.30. The molecular formula is C7H4N2O4. The normalized spacial score (nSPS) is 10.5. The predicted molar refractivity (Wildman–Crippen MR) is 42.3 cm³/mol. The number of aromatic hydroxyl groups is 1. The summed E-state index contributed by atoms with van der Waals surface area (Å²) in [5.74, 6) is -0.276. The fraction of sp³-hybridized carbons (Fsp3) is 0.